The molecule has 0 radical (unpaired) electrons. The zero-order valence-electron chi connectivity index (χ0n) is 15.0. The highest BCUT2D eigenvalue weighted by molar-refractivity contribution is 6.06. The van der Waals surface area contributed by atoms with E-state index in [1.807, 2.05) is 0 Å². The molecule has 0 aliphatic carbocycles. The first-order chi connectivity index (χ1) is 14.0. The Morgan fingerprint density at radius 1 is 0.800 bits per heavy atom. The second-order valence-electron chi connectivity index (χ2n) is 6.30. The Morgan fingerprint density at radius 3 is 2.00 bits per heavy atom. The molecule has 0 atom stereocenters. The van der Waals surface area contributed by atoms with E-state index in [9.17, 15) is 36.2 Å². The van der Waals surface area contributed by atoms with Gasteiger partial charge in [-0.15, -0.1) is 0 Å². The second kappa shape index (κ2) is 7.74. The summed E-state index contributed by atoms with van der Waals surface area (Å²) >= 11 is 0. The van der Waals surface area contributed by atoms with Crippen molar-refractivity contribution in [3.63, 3.8) is 0 Å². The third-order valence-electron chi connectivity index (χ3n) is 4.25. The first-order valence-corrected chi connectivity index (χ1v) is 8.45. The first-order valence-electron chi connectivity index (χ1n) is 8.45. The molecule has 0 aromatic heterocycles. The minimum atomic E-state index is -4.85. The predicted octanol–water partition coefficient (Wildman–Crippen LogP) is 6.35. The van der Waals surface area contributed by atoms with Crippen LogP contribution in [-0.2, 0) is 12.4 Å². The molecular weight excluding hydrogens is 412 g/mol. The van der Waals surface area contributed by atoms with Gasteiger partial charge >= 0.3 is 12.4 Å². The van der Waals surface area contributed by atoms with E-state index in [1.54, 1.807) is 0 Å². The van der Waals surface area contributed by atoms with Crippen LogP contribution in [0.5, 0.6) is 5.75 Å². The third-order valence-corrected chi connectivity index (χ3v) is 4.25. The van der Waals surface area contributed by atoms with Crippen molar-refractivity contribution >= 4 is 11.6 Å². The van der Waals surface area contributed by atoms with Crippen molar-refractivity contribution in [2.75, 3.05) is 5.32 Å². The Morgan fingerprint density at radius 2 is 1.43 bits per heavy atom. The van der Waals surface area contributed by atoms with Gasteiger partial charge in [-0.1, -0.05) is 24.3 Å². The quantitative estimate of drug-likeness (QED) is 0.481. The molecule has 9 heteroatoms. The minimum Gasteiger partial charge on any atom is -0.507 e. The predicted molar refractivity (Wildman–Crippen MR) is 97.9 cm³/mol. The Kier molecular flexibility index (Phi) is 5.47. The van der Waals surface area contributed by atoms with Crippen LogP contribution in [0.2, 0.25) is 0 Å². The van der Waals surface area contributed by atoms with Gasteiger partial charge in [0.1, 0.15) is 5.75 Å². The lowest BCUT2D eigenvalue weighted by Crippen LogP contribution is -2.12. The van der Waals surface area contributed by atoms with E-state index < -0.39 is 35.0 Å². The topological polar surface area (TPSA) is 49.3 Å². The largest absolute Gasteiger partial charge is 0.507 e. The number of phenols is 1. The number of hydrogen-bond acceptors (Lipinski definition) is 2. The number of amides is 1. The van der Waals surface area contributed by atoms with E-state index in [0.717, 1.165) is 0 Å². The maximum Gasteiger partial charge on any atom is 0.417 e. The Labute approximate surface area is 166 Å². The van der Waals surface area contributed by atoms with Gasteiger partial charge in [0.2, 0.25) is 0 Å². The van der Waals surface area contributed by atoms with Gasteiger partial charge in [0.15, 0.2) is 0 Å². The van der Waals surface area contributed by atoms with Gasteiger partial charge in [-0.05, 0) is 53.6 Å². The van der Waals surface area contributed by atoms with Crippen LogP contribution in [0, 0.1) is 0 Å². The molecular formula is C21H13F6NO2. The first kappa shape index (κ1) is 21.2. The normalized spacial score (nSPS) is 11.9. The summed E-state index contributed by atoms with van der Waals surface area (Å²) in [6.07, 6.45) is -9.65. The lowest BCUT2D eigenvalue weighted by molar-refractivity contribution is -0.141. The van der Waals surface area contributed by atoms with Crippen molar-refractivity contribution in [3.8, 4) is 16.9 Å². The summed E-state index contributed by atoms with van der Waals surface area (Å²) < 4.78 is 78.7. The number of carbonyl (C=O) groups is 1. The SMILES string of the molecule is O=C(Nc1ccc(-c2cc(C(F)(F)F)ccc2C(F)(F)F)cc1)c1ccccc1O. The number of benzene rings is 3. The Balaban J connectivity index is 1.94. The van der Waals surface area contributed by atoms with Crippen LogP contribution in [0.3, 0.4) is 0 Å². The Hall–Kier alpha value is -3.49. The number of nitrogens with one attached hydrogen (secondary N) is 1. The van der Waals surface area contributed by atoms with Crippen LogP contribution in [0.4, 0.5) is 32.0 Å². The summed E-state index contributed by atoms with van der Waals surface area (Å²) in [7, 11) is 0. The lowest BCUT2D eigenvalue weighted by atomic mass is 9.96. The highest BCUT2D eigenvalue weighted by atomic mass is 19.4. The van der Waals surface area contributed by atoms with Crippen molar-refractivity contribution in [2.45, 2.75) is 12.4 Å². The van der Waals surface area contributed by atoms with Crippen molar-refractivity contribution in [2.24, 2.45) is 0 Å². The maximum atomic E-state index is 13.3. The van der Waals surface area contributed by atoms with Crippen molar-refractivity contribution in [3.05, 3.63) is 83.4 Å². The summed E-state index contributed by atoms with van der Waals surface area (Å²) in [5, 5.41) is 12.1. The molecule has 0 bridgehead atoms. The molecule has 0 saturated carbocycles. The molecule has 30 heavy (non-hydrogen) atoms. The number of carbonyl (C=O) groups excluding carboxylic acids is 1. The number of aromatic hydroxyl groups is 1. The fraction of sp³-hybridized carbons (Fsp3) is 0.0952. The maximum absolute atomic E-state index is 13.3. The molecule has 0 saturated heterocycles. The van der Waals surface area contributed by atoms with Crippen molar-refractivity contribution in [1.82, 2.24) is 0 Å². The number of alkyl halides is 6. The van der Waals surface area contributed by atoms with Crippen LogP contribution < -0.4 is 5.32 Å². The number of rotatable bonds is 3. The number of hydrogen-bond donors (Lipinski definition) is 2. The number of halogens is 6. The molecule has 156 valence electrons. The van der Waals surface area contributed by atoms with Crippen LogP contribution in [-0.4, -0.2) is 11.0 Å². The van der Waals surface area contributed by atoms with Crippen LogP contribution in [0.15, 0.2) is 66.7 Å². The van der Waals surface area contributed by atoms with Crippen molar-refractivity contribution in [1.29, 1.82) is 0 Å². The van der Waals surface area contributed by atoms with Gasteiger partial charge < -0.3 is 10.4 Å². The van der Waals surface area contributed by atoms with E-state index in [4.69, 9.17) is 0 Å². The highest BCUT2D eigenvalue weighted by Crippen LogP contribution is 2.40. The van der Waals surface area contributed by atoms with E-state index in [1.165, 1.54) is 48.5 Å². The summed E-state index contributed by atoms with van der Waals surface area (Å²) in [6, 6.07) is 11.8. The minimum absolute atomic E-state index is 0.0150. The standard InChI is InChI=1S/C21H13F6NO2/c22-20(23,24)13-7-10-17(21(25,26)27)16(11-13)12-5-8-14(9-6-12)28-19(30)15-3-1-2-4-18(15)29/h1-11,29H,(H,28,30). The lowest BCUT2D eigenvalue weighted by Gasteiger charge is -2.16. The van der Waals surface area contributed by atoms with Crippen LogP contribution in [0.1, 0.15) is 21.5 Å². The molecule has 3 aromatic carbocycles. The zero-order valence-corrected chi connectivity index (χ0v) is 15.0. The van der Waals surface area contributed by atoms with Gasteiger partial charge in [0.05, 0.1) is 16.7 Å². The molecule has 0 spiro atoms. The third kappa shape index (κ3) is 4.56. The molecule has 0 aliphatic heterocycles. The molecule has 2 N–H and O–H groups in total. The number of phenolic OH excluding ortho intramolecular Hbond substituents is 1. The second-order valence-corrected chi connectivity index (χ2v) is 6.30. The monoisotopic (exact) mass is 425 g/mol. The van der Waals surface area contributed by atoms with Crippen LogP contribution >= 0.6 is 0 Å². The van der Waals surface area contributed by atoms with Gasteiger partial charge in [0.25, 0.3) is 5.91 Å². The molecule has 3 aromatic rings. The summed E-state index contributed by atoms with van der Waals surface area (Å²) in [5.41, 5.74) is -2.97. The van der Waals surface area contributed by atoms with E-state index in [2.05, 4.69) is 5.32 Å². The molecule has 0 unspecified atom stereocenters. The molecule has 0 aliphatic rings. The summed E-state index contributed by atoms with van der Waals surface area (Å²) in [4.78, 5) is 12.2. The van der Waals surface area contributed by atoms with Crippen molar-refractivity contribution < 1.29 is 36.2 Å². The fourth-order valence-electron chi connectivity index (χ4n) is 2.80. The number of anilines is 1. The van der Waals surface area contributed by atoms with Gasteiger partial charge in [-0.3, -0.25) is 4.79 Å². The fourth-order valence-corrected chi connectivity index (χ4v) is 2.80. The van der Waals surface area contributed by atoms with Gasteiger partial charge in [-0.2, -0.15) is 26.3 Å². The molecule has 0 fully saturated rings. The van der Waals surface area contributed by atoms with E-state index >= 15 is 0 Å². The average molecular weight is 425 g/mol. The zero-order chi connectivity index (χ0) is 22.1. The van der Waals surface area contributed by atoms with Gasteiger partial charge in [-0.25, -0.2) is 0 Å². The average Bonchev–Trinajstić information content (AvgIpc) is 2.67. The van der Waals surface area contributed by atoms with E-state index in [0.29, 0.717) is 18.2 Å². The van der Waals surface area contributed by atoms with E-state index in [-0.39, 0.29) is 22.6 Å². The molecule has 3 rings (SSSR count). The molecule has 1 amide bonds. The van der Waals surface area contributed by atoms with Crippen LogP contribution in [0.25, 0.3) is 11.1 Å². The van der Waals surface area contributed by atoms with Gasteiger partial charge in [0, 0.05) is 5.69 Å². The summed E-state index contributed by atoms with van der Waals surface area (Å²) in [6.45, 7) is 0. The Bertz CT molecular complexity index is 1070. The molecule has 3 nitrogen and oxygen atoms in total. The molecule has 0 heterocycles. The highest BCUT2D eigenvalue weighted by Gasteiger charge is 2.37. The number of para-hydroxylation sites is 1. The smallest absolute Gasteiger partial charge is 0.417 e. The summed E-state index contributed by atoms with van der Waals surface area (Å²) in [5.74, 6) is -0.915.